The van der Waals surface area contributed by atoms with Gasteiger partial charge in [0.05, 0.1) is 25.2 Å². The normalized spacial score (nSPS) is 22.9. The topological polar surface area (TPSA) is 73.1 Å². The molecule has 1 atom stereocenters. The quantitative estimate of drug-likeness (QED) is 0.764. The SMILES string of the molecule is COc1cnc(C2(CN)C=CC=CN2)cn1. The van der Waals surface area contributed by atoms with Crippen LogP contribution in [0.4, 0.5) is 0 Å². The summed E-state index contributed by atoms with van der Waals surface area (Å²) < 4.78 is 4.97. The van der Waals surface area contributed by atoms with E-state index >= 15 is 0 Å². The van der Waals surface area contributed by atoms with Crippen LogP contribution in [0.3, 0.4) is 0 Å². The predicted octanol–water partition coefficient (Wildman–Crippen LogP) is 0.312. The lowest BCUT2D eigenvalue weighted by Crippen LogP contribution is -2.45. The van der Waals surface area contributed by atoms with Crippen molar-refractivity contribution in [2.75, 3.05) is 13.7 Å². The summed E-state index contributed by atoms with van der Waals surface area (Å²) in [4.78, 5) is 8.43. The van der Waals surface area contributed by atoms with Crippen molar-refractivity contribution < 1.29 is 4.74 Å². The van der Waals surface area contributed by atoms with E-state index in [-0.39, 0.29) is 0 Å². The standard InChI is InChI=1S/C11H14N4O/c1-16-10-7-13-9(6-14-10)11(8-12)4-2-3-5-15-11/h2-7,15H,8,12H2,1H3. The van der Waals surface area contributed by atoms with Gasteiger partial charge in [0.2, 0.25) is 5.88 Å². The lowest BCUT2D eigenvalue weighted by molar-refractivity contribution is 0.391. The van der Waals surface area contributed by atoms with Gasteiger partial charge in [-0.25, -0.2) is 4.98 Å². The minimum Gasteiger partial charge on any atom is -0.480 e. The van der Waals surface area contributed by atoms with E-state index in [1.807, 2.05) is 24.4 Å². The smallest absolute Gasteiger partial charge is 0.231 e. The van der Waals surface area contributed by atoms with Gasteiger partial charge < -0.3 is 15.8 Å². The lowest BCUT2D eigenvalue weighted by Gasteiger charge is -2.30. The number of nitrogens with two attached hydrogens (primary N) is 1. The monoisotopic (exact) mass is 218 g/mol. The Morgan fingerprint density at radius 2 is 2.25 bits per heavy atom. The van der Waals surface area contributed by atoms with Gasteiger partial charge in [-0.1, -0.05) is 12.2 Å². The maximum Gasteiger partial charge on any atom is 0.231 e. The molecule has 16 heavy (non-hydrogen) atoms. The molecule has 0 radical (unpaired) electrons. The van der Waals surface area contributed by atoms with Gasteiger partial charge in [-0.15, -0.1) is 0 Å². The Balaban J connectivity index is 2.33. The number of ether oxygens (including phenoxy) is 1. The molecule has 2 rings (SSSR count). The Bertz CT molecular complexity index is 412. The maximum absolute atomic E-state index is 5.79. The molecule has 1 aliphatic heterocycles. The second-order valence-electron chi connectivity index (χ2n) is 3.48. The first kappa shape index (κ1) is 10.6. The Morgan fingerprint density at radius 1 is 1.38 bits per heavy atom. The third-order valence-corrected chi connectivity index (χ3v) is 2.55. The van der Waals surface area contributed by atoms with Crippen LogP contribution in [0.2, 0.25) is 0 Å². The highest BCUT2D eigenvalue weighted by Crippen LogP contribution is 2.22. The molecule has 1 aromatic rings. The molecule has 0 spiro atoms. The molecular formula is C11H14N4O. The highest BCUT2D eigenvalue weighted by Gasteiger charge is 2.29. The molecule has 1 unspecified atom stereocenters. The molecule has 1 aromatic heterocycles. The van der Waals surface area contributed by atoms with E-state index in [0.29, 0.717) is 12.4 Å². The van der Waals surface area contributed by atoms with Crippen molar-refractivity contribution in [2.24, 2.45) is 5.73 Å². The van der Waals surface area contributed by atoms with Gasteiger partial charge in [-0.2, -0.15) is 0 Å². The summed E-state index contributed by atoms with van der Waals surface area (Å²) in [5.74, 6) is 0.492. The summed E-state index contributed by atoms with van der Waals surface area (Å²) in [6.45, 7) is 0.412. The van der Waals surface area contributed by atoms with Crippen molar-refractivity contribution in [1.29, 1.82) is 0 Å². The van der Waals surface area contributed by atoms with E-state index in [9.17, 15) is 0 Å². The summed E-state index contributed by atoms with van der Waals surface area (Å²) in [5.41, 5.74) is 6.10. The molecule has 0 bridgehead atoms. The Morgan fingerprint density at radius 3 is 2.75 bits per heavy atom. The van der Waals surface area contributed by atoms with Crippen molar-refractivity contribution in [3.05, 3.63) is 42.5 Å². The van der Waals surface area contributed by atoms with Crippen LogP contribution in [0.1, 0.15) is 5.69 Å². The van der Waals surface area contributed by atoms with Gasteiger partial charge in [0.15, 0.2) is 0 Å². The van der Waals surface area contributed by atoms with Crippen LogP contribution in [0, 0.1) is 0 Å². The summed E-state index contributed by atoms with van der Waals surface area (Å²) in [6, 6.07) is 0. The molecule has 5 heteroatoms. The first-order valence-corrected chi connectivity index (χ1v) is 4.99. The summed E-state index contributed by atoms with van der Waals surface area (Å²) in [7, 11) is 1.56. The Labute approximate surface area is 94.0 Å². The van der Waals surface area contributed by atoms with Crippen LogP contribution in [0.15, 0.2) is 36.8 Å². The fourth-order valence-corrected chi connectivity index (χ4v) is 1.56. The molecule has 0 fully saturated rings. The fourth-order valence-electron chi connectivity index (χ4n) is 1.56. The molecular weight excluding hydrogens is 204 g/mol. The minimum absolute atomic E-state index is 0.412. The molecule has 0 aliphatic carbocycles. The molecule has 0 amide bonds. The third-order valence-electron chi connectivity index (χ3n) is 2.55. The zero-order valence-corrected chi connectivity index (χ0v) is 9.05. The molecule has 1 aliphatic rings. The maximum atomic E-state index is 5.79. The number of hydrogen-bond acceptors (Lipinski definition) is 5. The van der Waals surface area contributed by atoms with Gasteiger partial charge in [0.1, 0.15) is 5.54 Å². The van der Waals surface area contributed by atoms with E-state index in [2.05, 4.69) is 15.3 Å². The molecule has 5 nitrogen and oxygen atoms in total. The largest absolute Gasteiger partial charge is 0.480 e. The second-order valence-corrected chi connectivity index (χ2v) is 3.48. The summed E-state index contributed by atoms with van der Waals surface area (Å²) in [5, 5.41) is 3.20. The van der Waals surface area contributed by atoms with Crippen LogP contribution >= 0.6 is 0 Å². The fraction of sp³-hybridized carbons (Fsp3) is 0.273. The van der Waals surface area contributed by atoms with Crippen molar-refractivity contribution in [3.63, 3.8) is 0 Å². The molecule has 0 saturated heterocycles. The van der Waals surface area contributed by atoms with E-state index in [0.717, 1.165) is 5.69 Å². The number of methoxy groups -OCH3 is 1. The van der Waals surface area contributed by atoms with Crippen molar-refractivity contribution in [1.82, 2.24) is 15.3 Å². The van der Waals surface area contributed by atoms with Crippen LogP contribution < -0.4 is 15.8 Å². The van der Waals surface area contributed by atoms with Crippen LogP contribution in [0.5, 0.6) is 5.88 Å². The lowest BCUT2D eigenvalue weighted by atomic mass is 9.93. The van der Waals surface area contributed by atoms with Crippen LogP contribution in [-0.4, -0.2) is 23.6 Å². The Hall–Kier alpha value is -1.88. The van der Waals surface area contributed by atoms with Gasteiger partial charge >= 0.3 is 0 Å². The van der Waals surface area contributed by atoms with E-state index in [4.69, 9.17) is 10.5 Å². The van der Waals surface area contributed by atoms with E-state index in [1.165, 1.54) is 0 Å². The zero-order chi connectivity index (χ0) is 11.4. The average molecular weight is 218 g/mol. The van der Waals surface area contributed by atoms with Crippen LogP contribution in [0.25, 0.3) is 0 Å². The zero-order valence-electron chi connectivity index (χ0n) is 9.05. The number of nitrogens with one attached hydrogen (secondary N) is 1. The van der Waals surface area contributed by atoms with Gasteiger partial charge in [-0.3, -0.25) is 4.98 Å². The number of nitrogens with zero attached hydrogens (tertiary/aromatic N) is 2. The van der Waals surface area contributed by atoms with Crippen molar-refractivity contribution in [2.45, 2.75) is 5.54 Å². The highest BCUT2D eigenvalue weighted by atomic mass is 16.5. The first-order valence-electron chi connectivity index (χ1n) is 4.99. The number of aromatic nitrogens is 2. The van der Waals surface area contributed by atoms with Crippen molar-refractivity contribution in [3.8, 4) is 5.88 Å². The van der Waals surface area contributed by atoms with E-state index in [1.54, 1.807) is 19.5 Å². The number of dihydropyridines is 1. The van der Waals surface area contributed by atoms with Gasteiger partial charge in [0, 0.05) is 6.54 Å². The molecule has 2 heterocycles. The molecule has 0 aromatic carbocycles. The number of rotatable bonds is 3. The Kier molecular flexibility index (Phi) is 2.87. The summed E-state index contributed by atoms with van der Waals surface area (Å²) in [6.07, 6.45) is 10.9. The minimum atomic E-state index is -0.464. The van der Waals surface area contributed by atoms with E-state index < -0.39 is 5.54 Å². The number of allylic oxidation sites excluding steroid dienone is 2. The third kappa shape index (κ3) is 1.77. The summed E-state index contributed by atoms with van der Waals surface area (Å²) >= 11 is 0. The predicted molar refractivity (Wildman–Crippen MR) is 60.7 cm³/mol. The molecule has 84 valence electrons. The first-order chi connectivity index (χ1) is 7.80. The average Bonchev–Trinajstić information content (AvgIpc) is 2.39. The molecule has 3 N–H and O–H groups in total. The second kappa shape index (κ2) is 4.32. The van der Waals surface area contributed by atoms with Gasteiger partial charge in [-0.05, 0) is 12.3 Å². The van der Waals surface area contributed by atoms with Crippen molar-refractivity contribution >= 4 is 0 Å². The molecule has 0 saturated carbocycles. The number of hydrogen-bond donors (Lipinski definition) is 2. The van der Waals surface area contributed by atoms with Gasteiger partial charge in [0.25, 0.3) is 0 Å². The van der Waals surface area contributed by atoms with Crippen LogP contribution in [-0.2, 0) is 5.54 Å². The highest BCUT2D eigenvalue weighted by molar-refractivity contribution is 5.29.